The van der Waals surface area contributed by atoms with E-state index in [1.165, 1.54) is 19.4 Å². The minimum atomic E-state index is -1.50. The molecule has 2 saturated heterocycles. The van der Waals surface area contributed by atoms with Crippen molar-refractivity contribution in [3.63, 3.8) is 0 Å². The fourth-order valence-corrected chi connectivity index (χ4v) is 3.30. The van der Waals surface area contributed by atoms with E-state index < -0.39 is 5.79 Å². The number of fused-ring (bicyclic) bond motifs is 1. The van der Waals surface area contributed by atoms with Gasteiger partial charge in [0.1, 0.15) is 0 Å². The Balaban J connectivity index is 0.000000431. The summed E-state index contributed by atoms with van der Waals surface area (Å²) in [6.07, 6.45) is 1.21. The minimum Gasteiger partial charge on any atom is -0.397 e. The number of ether oxygens (including phenoxy) is 1. The molecule has 3 rings (SSSR count). The van der Waals surface area contributed by atoms with Crippen LogP contribution in [0.25, 0.3) is 5.70 Å². The zero-order chi connectivity index (χ0) is 19.7. The second kappa shape index (κ2) is 7.56. The van der Waals surface area contributed by atoms with Crippen molar-refractivity contribution in [2.75, 3.05) is 13.2 Å². The fourth-order valence-electron chi connectivity index (χ4n) is 3.30. The molecular weight excluding hydrogens is 330 g/mol. The second-order valence-corrected chi connectivity index (χ2v) is 8.58. The highest BCUT2D eigenvalue weighted by Crippen LogP contribution is 2.38. The molecule has 0 saturated carbocycles. The van der Waals surface area contributed by atoms with Crippen molar-refractivity contribution in [2.45, 2.75) is 58.3 Å². The Morgan fingerprint density at radius 1 is 1.12 bits per heavy atom. The normalized spacial score (nSPS) is 24.8. The van der Waals surface area contributed by atoms with E-state index in [-0.39, 0.29) is 11.5 Å². The van der Waals surface area contributed by atoms with Gasteiger partial charge in [0.25, 0.3) is 0 Å². The Bertz CT molecular complexity index is 636. The molecule has 2 atom stereocenters. The molecule has 0 aliphatic carbocycles. The number of hydrogen-bond donors (Lipinski definition) is 4. The van der Waals surface area contributed by atoms with Crippen LogP contribution in [0.1, 0.15) is 52.2 Å². The van der Waals surface area contributed by atoms with E-state index in [2.05, 4.69) is 45.0 Å². The molecule has 0 aromatic heterocycles. The first-order chi connectivity index (χ1) is 11.9. The first-order valence-corrected chi connectivity index (χ1v) is 9.07. The van der Waals surface area contributed by atoms with Gasteiger partial charge in [0.15, 0.2) is 5.79 Å². The molecule has 146 valence electrons. The first-order valence-electron chi connectivity index (χ1n) is 9.07. The highest BCUT2D eigenvalue weighted by Gasteiger charge is 2.41. The first kappa shape index (κ1) is 20.7. The molecule has 2 aliphatic rings. The van der Waals surface area contributed by atoms with Crippen molar-refractivity contribution < 1.29 is 14.9 Å². The van der Waals surface area contributed by atoms with Gasteiger partial charge in [-0.25, -0.2) is 5.84 Å². The van der Waals surface area contributed by atoms with Crippen molar-refractivity contribution >= 4 is 5.70 Å². The lowest BCUT2D eigenvalue weighted by Crippen LogP contribution is -2.30. The summed E-state index contributed by atoms with van der Waals surface area (Å²) >= 11 is 0. The van der Waals surface area contributed by atoms with E-state index in [9.17, 15) is 0 Å². The van der Waals surface area contributed by atoms with Crippen molar-refractivity contribution in [3.8, 4) is 0 Å². The molecular formula is C20H33N3O3. The summed E-state index contributed by atoms with van der Waals surface area (Å²) in [6.45, 7) is 10.8. The van der Waals surface area contributed by atoms with Gasteiger partial charge < -0.3 is 25.7 Å². The summed E-state index contributed by atoms with van der Waals surface area (Å²) in [5, 5.41) is 17.9. The Kier molecular flexibility index (Phi) is 6.02. The predicted molar refractivity (Wildman–Crippen MR) is 104 cm³/mol. The number of nitrogens with zero attached hydrogens (tertiary/aromatic N) is 1. The third kappa shape index (κ3) is 5.20. The molecule has 0 amide bonds. The lowest BCUT2D eigenvalue weighted by molar-refractivity contribution is -0.127. The predicted octanol–water partition coefficient (Wildman–Crippen LogP) is 1.91. The lowest BCUT2D eigenvalue weighted by atomic mass is 9.86. The molecule has 6 N–H and O–H groups in total. The fraction of sp³-hybridized carbons (Fsp3) is 0.600. The average Bonchev–Trinajstić information content (AvgIpc) is 3.04. The lowest BCUT2D eigenvalue weighted by Gasteiger charge is -2.21. The molecule has 1 unspecified atom stereocenters. The molecule has 6 heteroatoms. The number of benzene rings is 1. The molecule has 0 bridgehead atoms. The molecule has 2 fully saturated rings. The van der Waals surface area contributed by atoms with Crippen LogP contribution in [0, 0.1) is 5.92 Å². The van der Waals surface area contributed by atoms with Gasteiger partial charge in [-0.2, -0.15) is 0 Å². The highest BCUT2D eigenvalue weighted by molar-refractivity contribution is 5.67. The van der Waals surface area contributed by atoms with Gasteiger partial charge in [-0.1, -0.05) is 45.0 Å². The van der Waals surface area contributed by atoms with Gasteiger partial charge in [0.2, 0.25) is 0 Å². The Morgan fingerprint density at radius 3 is 2.15 bits per heavy atom. The van der Waals surface area contributed by atoms with Crippen LogP contribution in [0.15, 0.2) is 30.0 Å². The molecule has 2 aliphatic heterocycles. The van der Waals surface area contributed by atoms with Gasteiger partial charge in [0, 0.05) is 12.5 Å². The maximum absolute atomic E-state index is 8.08. The van der Waals surface area contributed by atoms with E-state index in [1.54, 1.807) is 5.01 Å². The zero-order valence-electron chi connectivity index (χ0n) is 16.5. The summed E-state index contributed by atoms with van der Waals surface area (Å²) in [6, 6.07) is 8.50. The summed E-state index contributed by atoms with van der Waals surface area (Å²) < 4.78 is 5.72. The van der Waals surface area contributed by atoms with Crippen LogP contribution < -0.4 is 11.6 Å². The number of hydrazine groups is 1. The van der Waals surface area contributed by atoms with Crippen LogP contribution in [0.3, 0.4) is 0 Å². The zero-order valence-corrected chi connectivity index (χ0v) is 16.5. The molecule has 0 spiro atoms. The van der Waals surface area contributed by atoms with Crippen LogP contribution >= 0.6 is 0 Å². The summed E-state index contributed by atoms with van der Waals surface area (Å²) in [7, 11) is 0. The van der Waals surface area contributed by atoms with Gasteiger partial charge in [-0.05, 0) is 36.8 Å². The van der Waals surface area contributed by atoms with E-state index >= 15 is 0 Å². The Hall–Kier alpha value is -1.60. The van der Waals surface area contributed by atoms with Crippen molar-refractivity contribution in [1.82, 2.24) is 5.01 Å². The van der Waals surface area contributed by atoms with Gasteiger partial charge in [0.05, 0.1) is 24.0 Å². The number of aliphatic hydroxyl groups is 2. The van der Waals surface area contributed by atoms with E-state index in [1.807, 2.05) is 0 Å². The molecule has 0 radical (unpaired) electrons. The van der Waals surface area contributed by atoms with Gasteiger partial charge >= 0.3 is 0 Å². The summed E-state index contributed by atoms with van der Waals surface area (Å²) in [5.74, 6) is 4.97. The van der Waals surface area contributed by atoms with Gasteiger partial charge in [-0.15, -0.1) is 0 Å². The molecule has 2 heterocycles. The smallest absolute Gasteiger partial charge is 0.156 e. The monoisotopic (exact) mass is 363 g/mol. The topological polar surface area (TPSA) is 105 Å². The van der Waals surface area contributed by atoms with E-state index in [0.29, 0.717) is 5.92 Å². The van der Waals surface area contributed by atoms with Gasteiger partial charge in [-0.3, -0.25) is 0 Å². The van der Waals surface area contributed by atoms with E-state index in [4.69, 9.17) is 26.5 Å². The van der Waals surface area contributed by atoms with E-state index in [0.717, 1.165) is 36.5 Å². The molecule has 6 nitrogen and oxygen atoms in total. The minimum absolute atomic E-state index is 0.151. The Morgan fingerprint density at radius 2 is 1.65 bits per heavy atom. The Labute approximate surface area is 156 Å². The highest BCUT2D eigenvalue weighted by atomic mass is 16.5. The molecule has 1 aromatic carbocycles. The van der Waals surface area contributed by atoms with Crippen LogP contribution in [0.5, 0.6) is 0 Å². The van der Waals surface area contributed by atoms with Crippen LogP contribution in [0.4, 0.5) is 0 Å². The van der Waals surface area contributed by atoms with Crippen LogP contribution in [-0.4, -0.2) is 40.3 Å². The summed E-state index contributed by atoms with van der Waals surface area (Å²) in [5.41, 5.74) is 10.7. The average molecular weight is 364 g/mol. The third-order valence-corrected chi connectivity index (χ3v) is 4.58. The number of nitrogens with two attached hydrogens (primary N) is 2. The molecule has 26 heavy (non-hydrogen) atoms. The summed E-state index contributed by atoms with van der Waals surface area (Å²) in [4.78, 5) is 0. The number of hydrogen-bond acceptors (Lipinski definition) is 6. The third-order valence-electron chi connectivity index (χ3n) is 4.58. The molecule has 1 aromatic rings. The number of rotatable bonds is 1. The van der Waals surface area contributed by atoms with Crippen molar-refractivity contribution in [2.24, 2.45) is 17.5 Å². The van der Waals surface area contributed by atoms with Crippen LogP contribution in [-0.2, 0) is 10.2 Å². The van der Waals surface area contributed by atoms with Crippen LogP contribution in [0.2, 0.25) is 0 Å². The standard InChI is InChI=1S/C17H25N3O.C3H8O2/c1-17(2,3)12-6-4-11(5-7-12)15(18)16-13-8-9-21-14(13)10-20(16)19;1-3(2,4)5/h4-7,13-14H,8-10,18-19H2,1-3H3;4-5H,1-2H3/b16-15-;/t13?,14-;/m1./s1. The quantitative estimate of drug-likeness (QED) is 0.449. The van der Waals surface area contributed by atoms with Crippen molar-refractivity contribution in [1.29, 1.82) is 0 Å². The maximum atomic E-state index is 8.08. The maximum Gasteiger partial charge on any atom is 0.156 e. The van der Waals surface area contributed by atoms with Crippen molar-refractivity contribution in [3.05, 3.63) is 41.1 Å². The second-order valence-electron chi connectivity index (χ2n) is 8.58. The SMILES string of the molecule is CC(C)(C)c1ccc(/C(N)=C2\C3CCO[C@@H]3CN2N)cc1.CC(C)(O)O. The largest absolute Gasteiger partial charge is 0.397 e.